The second-order valence-corrected chi connectivity index (χ2v) is 8.51. The van der Waals surface area contributed by atoms with Gasteiger partial charge in [-0.15, -0.1) is 0 Å². The molecule has 2 heterocycles. The van der Waals surface area contributed by atoms with Crippen molar-refractivity contribution in [2.45, 2.75) is 38.6 Å². The minimum absolute atomic E-state index is 0.411. The zero-order chi connectivity index (χ0) is 18.0. The molecule has 136 valence electrons. The third-order valence-electron chi connectivity index (χ3n) is 4.82. The van der Waals surface area contributed by atoms with Crippen LogP contribution in [0, 0.1) is 20.8 Å². The van der Waals surface area contributed by atoms with Crippen LogP contribution in [0.4, 0.5) is 0 Å². The molecule has 1 aliphatic heterocycles. The quantitative estimate of drug-likeness (QED) is 0.835. The Balaban J connectivity index is 1.72. The molecule has 3 rings (SSSR count). The van der Waals surface area contributed by atoms with E-state index >= 15 is 0 Å². The zero-order valence-electron chi connectivity index (χ0n) is 15.0. The van der Waals surface area contributed by atoms with Crippen molar-refractivity contribution >= 4 is 10.0 Å². The van der Waals surface area contributed by atoms with Crippen molar-refractivity contribution in [2.24, 2.45) is 0 Å². The molecular formula is C18H25N3O3S. The lowest BCUT2D eigenvalue weighted by Gasteiger charge is -2.22. The molecule has 1 fully saturated rings. The molecule has 1 saturated heterocycles. The van der Waals surface area contributed by atoms with Crippen LogP contribution >= 0.6 is 0 Å². The first-order valence-corrected chi connectivity index (χ1v) is 10.0. The van der Waals surface area contributed by atoms with E-state index in [4.69, 9.17) is 4.52 Å². The Bertz CT molecular complexity index is 826. The van der Waals surface area contributed by atoms with E-state index in [9.17, 15) is 8.42 Å². The Morgan fingerprint density at radius 1 is 1.08 bits per heavy atom. The highest BCUT2D eigenvalue weighted by atomic mass is 32.2. The fourth-order valence-electron chi connectivity index (χ4n) is 3.28. The average Bonchev–Trinajstić information content (AvgIpc) is 2.78. The maximum absolute atomic E-state index is 13.0. The first kappa shape index (κ1) is 18.1. The van der Waals surface area contributed by atoms with Crippen LogP contribution in [0.3, 0.4) is 0 Å². The number of aromatic nitrogens is 1. The second-order valence-electron chi connectivity index (χ2n) is 6.60. The number of aryl methyl sites for hydroxylation is 3. The van der Waals surface area contributed by atoms with Gasteiger partial charge in [-0.1, -0.05) is 23.4 Å². The molecule has 0 spiro atoms. The molecule has 7 heteroatoms. The smallest absolute Gasteiger partial charge is 0.243 e. The molecule has 0 unspecified atom stereocenters. The molecule has 6 nitrogen and oxygen atoms in total. The molecule has 0 N–H and O–H groups in total. The lowest BCUT2D eigenvalue weighted by Crippen LogP contribution is -2.35. The largest absolute Gasteiger partial charge is 0.361 e. The average molecular weight is 363 g/mol. The fraction of sp³-hybridized carbons (Fsp3) is 0.500. The Hall–Kier alpha value is -1.70. The highest BCUT2D eigenvalue weighted by Crippen LogP contribution is 2.22. The highest BCUT2D eigenvalue weighted by Gasteiger charge is 2.28. The van der Waals surface area contributed by atoms with Crippen molar-refractivity contribution in [3.8, 4) is 0 Å². The van der Waals surface area contributed by atoms with Crippen molar-refractivity contribution in [2.75, 3.05) is 26.2 Å². The molecule has 0 aliphatic carbocycles. The van der Waals surface area contributed by atoms with Gasteiger partial charge in [0.2, 0.25) is 10.0 Å². The van der Waals surface area contributed by atoms with Gasteiger partial charge in [-0.05, 0) is 45.4 Å². The number of benzene rings is 1. The normalized spacial score (nSPS) is 17.6. The second kappa shape index (κ2) is 7.27. The highest BCUT2D eigenvalue weighted by molar-refractivity contribution is 7.89. The molecule has 1 aromatic heterocycles. The van der Waals surface area contributed by atoms with Crippen LogP contribution in [-0.4, -0.2) is 49.0 Å². The lowest BCUT2D eigenvalue weighted by molar-refractivity contribution is 0.276. The third kappa shape index (κ3) is 3.78. The van der Waals surface area contributed by atoms with Crippen LogP contribution in [0.25, 0.3) is 0 Å². The molecule has 2 aromatic rings. The van der Waals surface area contributed by atoms with E-state index in [-0.39, 0.29) is 0 Å². The Morgan fingerprint density at radius 3 is 2.52 bits per heavy atom. The fourth-order valence-corrected chi connectivity index (χ4v) is 4.98. The van der Waals surface area contributed by atoms with Gasteiger partial charge in [0.25, 0.3) is 0 Å². The molecule has 0 atom stereocenters. The number of hydrogen-bond donors (Lipinski definition) is 0. The summed E-state index contributed by atoms with van der Waals surface area (Å²) in [4.78, 5) is 2.69. The number of sulfonamides is 1. The molecule has 0 bridgehead atoms. The standard InChI is InChI=1S/C18H25N3O3S/c1-14-7-4-5-8-18(14)25(22,23)21-10-6-9-20(11-12-21)13-17-15(2)19-24-16(17)3/h4-5,7-8H,6,9-13H2,1-3H3. The Kier molecular flexibility index (Phi) is 5.27. The molecule has 1 aliphatic rings. The minimum atomic E-state index is -3.44. The molecule has 1 aromatic carbocycles. The van der Waals surface area contributed by atoms with Crippen molar-refractivity contribution < 1.29 is 12.9 Å². The zero-order valence-corrected chi connectivity index (χ0v) is 15.8. The monoisotopic (exact) mass is 363 g/mol. The lowest BCUT2D eigenvalue weighted by atomic mass is 10.2. The number of nitrogens with zero attached hydrogens (tertiary/aromatic N) is 3. The maximum Gasteiger partial charge on any atom is 0.243 e. The summed E-state index contributed by atoms with van der Waals surface area (Å²) >= 11 is 0. The summed E-state index contributed by atoms with van der Waals surface area (Å²) in [6.45, 7) is 9.07. The first-order valence-electron chi connectivity index (χ1n) is 8.59. The van der Waals surface area contributed by atoms with Gasteiger partial charge in [0.15, 0.2) is 0 Å². The van der Waals surface area contributed by atoms with Crippen molar-refractivity contribution in [3.63, 3.8) is 0 Å². The van der Waals surface area contributed by atoms with E-state index in [2.05, 4.69) is 10.1 Å². The number of hydrogen-bond acceptors (Lipinski definition) is 5. The summed E-state index contributed by atoms with van der Waals surface area (Å²) in [5, 5.41) is 4.00. The summed E-state index contributed by atoms with van der Waals surface area (Å²) in [7, 11) is -3.44. The van der Waals surface area contributed by atoms with Gasteiger partial charge in [0.1, 0.15) is 5.76 Å². The van der Waals surface area contributed by atoms with Crippen LogP contribution in [-0.2, 0) is 16.6 Å². The van der Waals surface area contributed by atoms with Gasteiger partial charge in [-0.3, -0.25) is 4.90 Å². The summed E-state index contributed by atoms with van der Waals surface area (Å²) in [6, 6.07) is 7.18. The predicted octanol–water partition coefficient (Wildman–Crippen LogP) is 2.50. The molecule has 0 radical (unpaired) electrons. The molecule has 0 saturated carbocycles. The van der Waals surface area contributed by atoms with Crippen LogP contribution in [0.5, 0.6) is 0 Å². The molecular weight excluding hydrogens is 338 g/mol. The van der Waals surface area contributed by atoms with E-state index in [0.29, 0.717) is 24.5 Å². The van der Waals surface area contributed by atoms with Gasteiger partial charge >= 0.3 is 0 Å². The van der Waals surface area contributed by atoms with Crippen LogP contribution in [0.15, 0.2) is 33.7 Å². The predicted molar refractivity (Wildman–Crippen MR) is 95.8 cm³/mol. The van der Waals surface area contributed by atoms with Gasteiger partial charge in [-0.2, -0.15) is 4.31 Å². The van der Waals surface area contributed by atoms with Gasteiger partial charge in [0.05, 0.1) is 10.6 Å². The minimum Gasteiger partial charge on any atom is -0.361 e. The summed E-state index contributed by atoms with van der Waals surface area (Å²) in [5.41, 5.74) is 2.81. The van der Waals surface area contributed by atoms with Crippen LogP contribution in [0.1, 0.15) is 29.0 Å². The van der Waals surface area contributed by atoms with E-state index in [0.717, 1.165) is 42.1 Å². The van der Waals surface area contributed by atoms with E-state index in [1.807, 2.05) is 32.9 Å². The van der Waals surface area contributed by atoms with E-state index < -0.39 is 10.0 Å². The van der Waals surface area contributed by atoms with Crippen LogP contribution < -0.4 is 0 Å². The molecule has 0 amide bonds. The van der Waals surface area contributed by atoms with Gasteiger partial charge in [0, 0.05) is 31.7 Å². The SMILES string of the molecule is Cc1ccccc1S(=O)(=O)N1CCCN(Cc2c(C)noc2C)CC1. The summed E-state index contributed by atoms with van der Waals surface area (Å²) in [5.74, 6) is 0.839. The first-order chi connectivity index (χ1) is 11.9. The third-order valence-corrected chi connectivity index (χ3v) is 6.88. The maximum atomic E-state index is 13.0. The van der Waals surface area contributed by atoms with Crippen LogP contribution in [0.2, 0.25) is 0 Å². The molecule has 25 heavy (non-hydrogen) atoms. The Morgan fingerprint density at radius 2 is 1.84 bits per heavy atom. The topological polar surface area (TPSA) is 66.7 Å². The van der Waals surface area contributed by atoms with Crippen molar-refractivity contribution in [1.29, 1.82) is 0 Å². The van der Waals surface area contributed by atoms with Crippen molar-refractivity contribution in [3.05, 3.63) is 46.8 Å². The Labute approximate surface area is 149 Å². The number of rotatable bonds is 4. The van der Waals surface area contributed by atoms with E-state index in [1.165, 1.54) is 0 Å². The summed E-state index contributed by atoms with van der Waals surface area (Å²) < 4.78 is 32.8. The van der Waals surface area contributed by atoms with E-state index in [1.54, 1.807) is 16.4 Å². The summed E-state index contributed by atoms with van der Waals surface area (Å²) in [6.07, 6.45) is 0.814. The van der Waals surface area contributed by atoms with Crippen molar-refractivity contribution in [1.82, 2.24) is 14.4 Å². The van der Waals surface area contributed by atoms with Gasteiger partial charge < -0.3 is 4.52 Å². The van der Waals surface area contributed by atoms with Gasteiger partial charge in [-0.25, -0.2) is 8.42 Å².